The highest BCUT2D eigenvalue weighted by Gasteiger charge is 2.07. The van der Waals surface area contributed by atoms with E-state index in [9.17, 15) is 14.9 Å². The van der Waals surface area contributed by atoms with Crippen molar-refractivity contribution in [1.29, 1.82) is 0 Å². The van der Waals surface area contributed by atoms with E-state index in [1.54, 1.807) is 30.3 Å². The lowest BCUT2D eigenvalue weighted by atomic mass is 10.2. The SMILES string of the molecule is C/C(=C\OC(=O)c1ccccc1)[N+](=O)[O-]. The van der Waals surface area contributed by atoms with E-state index in [0.29, 0.717) is 5.56 Å². The van der Waals surface area contributed by atoms with Crippen molar-refractivity contribution in [3.8, 4) is 0 Å². The number of hydrogen-bond acceptors (Lipinski definition) is 4. The van der Waals surface area contributed by atoms with E-state index in [1.165, 1.54) is 6.92 Å². The third kappa shape index (κ3) is 3.22. The second-order valence-electron chi connectivity index (χ2n) is 2.79. The minimum atomic E-state index is -0.627. The molecule has 5 nitrogen and oxygen atoms in total. The molecule has 15 heavy (non-hydrogen) atoms. The molecular formula is C10H9NO4. The molecule has 0 saturated heterocycles. The van der Waals surface area contributed by atoms with Gasteiger partial charge >= 0.3 is 5.97 Å². The Morgan fingerprint density at radius 1 is 1.40 bits per heavy atom. The van der Waals surface area contributed by atoms with Crippen molar-refractivity contribution < 1.29 is 14.5 Å². The fourth-order valence-electron chi connectivity index (χ4n) is 0.824. The van der Waals surface area contributed by atoms with Gasteiger partial charge in [-0.2, -0.15) is 0 Å². The van der Waals surface area contributed by atoms with E-state index in [1.807, 2.05) is 0 Å². The van der Waals surface area contributed by atoms with Gasteiger partial charge in [0.2, 0.25) is 0 Å². The lowest BCUT2D eigenvalue weighted by Gasteiger charge is -1.97. The zero-order valence-electron chi connectivity index (χ0n) is 8.04. The zero-order chi connectivity index (χ0) is 11.3. The van der Waals surface area contributed by atoms with Gasteiger partial charge in [0, 0.05) is 6.92 Å². The van der Waals surface area contributed by atoms with Crippen LogP contribution in [0.2, 0.25) is 0 Å². The third-order valence-electron chi connectivity index (χ3n) is 1.63. The van der Waals surface area contributed by atoms with Gasteiger partial charge in [-0.3, -0.25) is 10.1 Å². The molecule has 0 amide bonds. The zero-order valence-corrected chi connectivity index (χ0v) is 8.04. The average molecular weight is 207 g/mol. The topological polar surface area (TPSA) is 69.4 Å². The van der Waals surface area contributed by atoms with Crippen LogP contribution in [0.15, 0.2) is 42.3 Å². The van der Waals surface area contributed by atoms with Gasteiger partial charge in [0.1, 0.15) is 0 Å². The molecule has 0 heterocycles. The number of benzene rings is 1. The molecule has 0 spiro atoms. The van der Waals surface area contributed by atoms with Crippen LogP contribution in [0.5, 0.6) is 0 Å². The summed E-state index contributed by atoms with van der Waals surface area (Å²) in [7, 11) is 0. The van der Waals surface area contributed by atoms with E-state index < -0.39 is 10.9 Å². The summed E-state index contributed by atoms with van der Waals surface area (Å²) < 4.78 is 4.61. The van der Waals surface area contributed by atoms with E-state index in [4.69, 9.17) is 0 Å². The normalized spacial score (nSPS) is 10.9. The van der Waals surface area contributed by atoms with Crippen molar-refractivity contribution in [1.82, 2.24) is 0 Å². The number of rotatable bonds is 3. The summed E-state index contributed by atoms with van der Waals surface area (Å²) in [5.74, 6) is -0.614. The first-order chi connectivity index (χ1) is 7.11. The fourth-order valence-corrected chi connectivity index (χ4v) is 0.824. The third-order valence-corrected chi connectivity index (χ3v) is 1.63. The standard InChI is InChI=1S/C10H9NO4/c1-8(11(13)14)7-15-10(12)9-5-3-2-4-6-9/h2-7H,1H3/b8-7+. The van der Waals surface area contributed by atoms with Gasteiger partial charge in [0.25, 0.3) is 5.70 Å². The molecule has 1 rings (SSSR count). The summed E-state index contributed by atoms with van der Waals surface area (Å²) >= 11 is 0. The van der Waals surface area contributed by atoms with Crippen molar-refractivity contribution >= 4 is 5.97 Å². The first kappa shape index (κ1) is 10.9. The largest absolute Gasteiger partial charge is 0.424 e. The summed E-state index contributed by atoms with van der Waals surface area (Å²) in [4.78, 5) is 20.8. The highest BCUT2D eigenvalue weighted by Crippen LogP contribution is 2.02. The van der Waals surface area contributed by atoms with Crippen LogP contribution in [0, 0.1) is 10.1 Å². The first-order valence-corrected chi connectivity index (χ1v) is 4.18. The Hall–Kier alpha value is -2.17. The number of hydrogen-bond donors (Lipinski definition) is 0. The minimum absolute atomic E-state index is 0.223. The minimum Gasteiger partial charge on any atom is -0.424 e. The quantitative estimate of drug-likeness (QED) is 0.329. The molecule has 0 aliphatic carbocycles. The predicted molar refractivity (Wildman–Crippen MR) is 52.6 cm³/mol. The van der Waals surface area contributed by atoms with Gasteiger partial charge in [-0.15, -0.1) is 0 Å². The van der Waals surface area contributed by atoms with Crippen molar-refractivity contribution in [3.05, 3.63) is 58.0 Å². The molecule has 0 radical (unpaired) electrons. The number of nitro groups is 1. The summed E-state index contributed by atoms with van der Waals surface area (Å²) in [5.41, 5.74) is 0.129. The van der Waals surface area contributed by atoms with Crippen molar-refractivity contribution in [3.63, 3.8) is 0 Å². The summed E-state index contributed by atoms with van der Waals surface area (Å²) in [6.45, 7) is 1.25. The van der Waals surface area contributed by atoms with Crippen LogP contribution in [-0.2, 0) is 4.74 Å². The van der Waals surface area contributed by atoms with Gasteiger partial charge in [-0.25, -0.2) is 4.79 Å². The molecular weight excluding hydrogens is 198 g/mol. The molecule has 0 bridgehead atoms. The molecule has 1 aromatic rings. The predicted octanol–water partition coefficient (Wildman–Crippen LogP) is 1.98. The maximum Gasteiger partial charge on any atom is 0.343 e. The summed E-state index contributed by atoms with van der Waals surface area (Å²) in [6.07, 6.45) is 0.829. The molecule has 78 valence electrons. The van der Waals surface area contributed by atoms with E-state index in [0.717, 1.165) is 6.26 Å². The van der Waals surface area contributed by atoms with Crippen LogP contribution in [0.4, 0.5) is 0 Å². The first-order valence-electron chi connectivity index (χ1n) is 4.18. The highest BCUT2D eigenvalue weighted by atomic mass is 16.6. The van der Waals surface area contributed by atoms with Gasteiger partial charge in [-0.05, 0) is 12.1 Å². The molecule has 1 aromatic carbocycles. The molecule has 0 saturated carbocycles. The van der Waals surface area contributed by atoms with Gasteiger partial charge in [0.15, 0.2) is 6.26 Å². The molecule has 5 heteroatoms. The molecule has 0 fully saturated rings. The van der Waals surface area contributed by atoms with Crippen LogP contribution in [-0.4, -0.2) is 10.9 Å². The Morgan fingerprint density at radius 2 is 2.00 bits per heavy atom. The number of nitrogens with zero attached hydrogens (tertiary/aromatic N) is 1. The molecule has 0 atom stereocenters. The van der Waals surface area contributed by atoms with Crippen LogP contribution in [0.3, 0.4) is 0 Å². The Balaban J connectivity index is 2.66. The second kappa shape index (κ2) is 4.90. The molecule has 0 N–H and O–H groups in total. The van der Waals surface area contributed by atoms with Crippen molar-refractivity contribution in [2.75, 3.05) is 0 Å². The lowest BCUT2D eigenvalue weighted by Crippen LogP contribution is -2.02. The summed E-state index contributed by atoms with van der Waals surface area (Å²) in [5, 5.41) is 10.2. The van der Waals surface area contributed by atoms with E-state index >= 15 is 0 Å². The molecule has 0 aliphatic heterocycles. The number of allylic oxidation sites excluding steroid dienone is 1. The monoisotopic (exact) mass is 207 g/mol. The van der Waals surface area contributed by atoms with Gasteiger partial charge in [-0.1, -0.05) is 18.2 Å². The fraction of sp³-hybridized carbons (Fsp3) is 0.100. The van der Waals surface area contributed by atoms with E-state index in [2.05, 4.69) is 4.74 Å². The highest BCUT2D eigenvalue weighted by molar-refractivity contribution is 5.89. The maximum absolute atomic E-state index is 11.3. The Morgan fingerprint density at radius 3 is 2.53 bits per heavy atom. The Kier molecular flexibility index (Phi) is 3.56. The van der Waals surface area contributed by atoms with Crippen LogP contribution in [0.1, 0.15) is 17.3 Å². The average Bonchev–Trinajstić information content (AvgIpc) is 2.26. The van der Waals surface area contributed by atoms with Gasteiger partial charge < -0.3 is 4.74 Å². The van der Waals surface area contributed by atoms with Crippen LogP contribution < -0.4 is 0 Å². The smallest absolute Gasteiger partial charge is 0.343 e. The molecule has 0 aromatic heterocycles. The maximum atomic E-state index is 11.3. The molecule has 0 unspecified atom stereocenters. The van der Waals surface area contributed by atoms with E-state index in [-0.39, 0.29) is 5.70 Å². The Labute approximate surface area is 86.1 Å². The van der Waals surface area contributed by atoms with Gasteiger partial charge in [0.05, 0.1) is 10.5 Å². The Bertz CT molecular complexity index is 397. The molecule has 0 aliphatic rings. The van der Waals surface area contributed by atoms with Crippen LogP contribution in [0.25, 0.3) is 0 Å². The van der Waals surface area contributed by atoms with Crippen molar-refractivity contribution in [2.24, 2.45) is 0 Å². The number of ether oxygens (including phenoxy) is 1. The summed E-state index contributed by atoms with van der Waals surface area (Å²) in [6, 6.07) is 8.26. The lowest BCUT2D eigenvalue weighted by molar-refractivity contribution is -0.425. The number of carbonyl (C=O) groups excluding carboxylic acids is 1. The van der Waals surface area contributed by atoms with Crippen LogP contribution >= 0.6 is 0 Å². The van der Waals surface area contributed by atoms with Crippen molar-refractivity contribution in [2.45, 2.75) is 6.92 Å². The number of esters is 1. The number of carbonyl (C=O) groups is 1. The second-order valence-corrected chi connectivity index (χ2v) is 2.79.